The molecule has 1 aliphatic carbocycles. The maximum Gasteiger partial charge on any atom is 0.0699 e. The van der Waals surface area contributed by atoms with Gasteiger partial charge in [0.05, 0.1) is 19.3 Å². The van der Waals surface area contributed by atoms with Crippen molar-refractivity contribution in [1.29, 1.82) is 0 Å². The molecule has 1 N–H and O–H groups in total. The van der Waals surface area contributed by atoms with Crippen LogP contribution in [0.5, 0.6) is 0 Å². The first-order valence-electron chi connectivity index (χ1n) is 6.67. The van der Waals surface area contributed by atoms with E-state index >= 15 is 0 Å². The summed E-state index contributed by atoms with van der Waals surface area (Å²) in [7, 11) is 3.36. The third-order valence-electron chi connectivity index (χ3n) is 3.82. The third kappa shape index (κ3) is 3.24. The molecular weight excluding hydrogens is 240 g/mol. The summed E-state index contributed by atoms with van der Waals surface area (Å²) in [6.45, 7) is 1.16. The fourth-order valence-corrected chi connectivity index (χ4v) is 2.81. The maximum atomic E-state index is 10.6. The van der Waals surface area contributed by atoms with E-state index in [2.05, 4.69) is 24.3 Å². The van der Waals surface area contributed by atoms with Gasteiger partial charge in [0.1, 0.15) is 0 Å². The van der Waals surface area contributed by atoms with Crippen molar-refractivity contribution >= 4 is 0 Å². The van der Waals surface area contributed by atoms with Crippen LogP contribution in [0.4, 0.5) is 0 Å². The van der Waals surface area contributed by atoms with E-state index in [-0.39, 0.29) is 17.8 Å². The summed E-state index contributed by atoms with van der Waals surface area (Å²) in [5, 5.41) is 10.6. The first kappa shape index (κ1) is 14.3. The minimum atomic E-state index is -0.438. The first-order valence-corrected chi connectivity index (χ1v) is 6.67. The molecule has 0 saturated carbocycles. The van der Waals surface area contributed by atoms with Crippen molar-refractivity contribution in [2.75, 3.05) is 27.4 Å². The third-order valence-corrected chi connectivity index (χ3v) is 3.82. The molecule has 1 aliphatic rings. The van der Waals surface area contributed by atoms with Gasteiger partial charge in [-0.2, -0.15) is 0 Å². The van der Waals surface area contributed by atoms with Crippen molar-refractivity contribution in [2.24, 2.45) is 11.8 Å². The molecule has 0 bridgehead atoms. The van der Waals surface area contributed by atoms with E-state index in [0.29, 0.717) is 13.2 Å². The van der Waals surface area contributed by atoms with E-state index in [0.717, 1.165) is 5.56 Å². The Labute approximate surface area is 114 Å². The molecule has 3 nitrogen and oxygen atoms in total. The number of hydrogen-bond acceptors (Lipinski definition) is 3. The molecule has 0 aliphatic heterocycles. The zero-order chi connectivity index (χ0) is 13.7. The average Bonchev–Trinajstić information content (AvgIpc) is 2.44. The summed E-state index contributed by atoms with van der Waals surface area (Å²) in [4.78, 5) is 0. The van der Waals surface area contributed by atoms with Crippen LogP contribution in [0.1, 0.15) is 11.5 Å². The smallest absolute Gasteiger partial charge is 0.0699 e. The summed E-state index contributed by atoms with van der Waals surface area (Å²) in [6, 6.07) is 10.1. The lowest BCUT2D eigenvalue weighted by atomic mass is 9.75. The van der Waals surface area contributed by atoms with E-state index in [4.69, 9.17) is 9.47 Å². The van der Waals surface area contributed by atoms with Gasteiger partial charge in [-0.1, -0.05) is 42.5 Å². The fraction of sp³-hybridized carbons (Fsp3) is 0.500. The standard InChI is InChI=1S/C16H22O3/c1-18-10-13-8-9-14(12-6-4-3-5-7-12)16(17)15(13)11-19-2/h3-9,13-17H,10-11H2,1-2H3/t13-,14+,15+,16-/m1/s1. The van der Waals surface area contributed by atoms with Gasteiger partial charge in [-0.05, 0) is 5.56 Å². The van der Waals surface area contributed by atoms with Crippen molar-refractivity contribution in [2.45, 2.75) is 12.0 Å². The maximum absolute atomic E-state index is 10.6. The monoisotopic (exact) mass is 262 g/mol. The van der Waals surface area contributed by atoms with E-state index in [1.54, 1.807) is 14.2 Å². The van der Waals surface area contributed by atoms with Crippen LogP contribution >= 0.6 is 0 Å². The number of rotatable bonds is 5. The van der Waals surface area contributed by atoms with Crippen molar-refractivity contribution in [3.8, 4) is 0 Å². The highest BCUT2D eigenvalue weighted by Gasteiger charge is 2.35. The lowest BCUT2D eigenvalue weighted by molar-refractivity contribution is -0.00583. The molecule has 2 rings (SSSR count). The van der Waals surface area contributed by atoms with Crippen molar-refractivity contribution in [3.05, 3.63) is 48.0 Å². The molecule has 4 atom stereocenters. The number of hydrogen-bond donors (Lipinski definition) is 1. The highest BCUT2D eigenvalue weighted by atomic mass is 16.5. The minimum absolute atomic E-state index is 0.0365. The predicted molar refractivity (Wildman–Crippen MR) is 75.1 cm³/mol. The van der Waals surface area contributed by atoms with Gasteiger partial charge in [-0.25, -0.2) is 0 Å². The Morgan fingerprint density at radius 2 is 1.68 bits per heavy atom. The Morgan fingerprint density at radius 3 is 2.32 bits per heavy atom. The van der Waals surface area contributed by atoms with Crippen molar-refractivity contribution in [3.63, 3.8) is 0 Å². The van der Waals surface area contributed by atoms with Crippen LogP contribution in [0.3, 0.4) is 0 Å². The van der Waals surface area contributed by atoms with E-state index in [1.165, 1.54) is 0 Å². The second-order valence-electron chi connectivity index (χ2n) is 5.05. The molecule has 0 heterocycles. The summed E-state index contributed by atoms with van der Waals surface area (Å²) in [5.41, 5.74) is 1.14. The SMILES string of the molecule is COC[C@@H]1[C@H](O)[C@H](c2ccccc2)C=C[C@@H]1COC. The van der Waals surface area contributed by atoms with Gasteiger partial charge in [0.15, 0.2) is 0 Å². The molecule has 0 saturated heterocycles. The van der Waals surface area contributed by atoms with Gasteiger partial charge in [0.2, 0.25) is 0 Å². The second kappa shape index (κ2) is 6.85. The van der Waals surface area contributed by atoms with Crippen LogP contribution in [0, 0.1) is 11.8 Å². The summed E-state index contributed by atoms with van der Waals surface area (Å²) >= 11 is 0. The Hall–Kier alpha value is -1.16. The molecule has 0 amide bonds. The molecular formula is C16H22O3. The normalized spacial score (nSPS) is 30.5. The molecule has 1 aromatic rings. The average molecular weight is 262 g/mol. The minimum Gasteiger partial charge on any atom is -0.392 e. The van der Waals surface area contributed by atoms with Crippen LogP contribution in [0.15, 0.2) is 42.5 Å². The zero-order valence-corrected chi connectivity index (χ0v) is 11.5. The molecule has 1 aromatic carbocycles. The molecule has 0 unspecified atom stereocenters. The topological polar surface area (TPSA) is 38.7 Å². The van der Waals surface area contributed by atoms with Gasteiger partial charge in [0, 0.05) is 32.0 Å². The molecule has 0 spiro atoms. The van der Waals surface area contributed by atoms with Crippen LogP contribution in [-0.2, 0) is 9.47 Å². The molecule has 0 fully saturated rings. The second-order valence-corrected chi connectivity index (χ2v) is 5.05. The first-order chi connectivity index (χ1) is 9.27. The zero-order valence-electron chi connectivity index (χ0n) is 11.5. The highest BCUT2D eigenvalue weighted by Crippen LogP contribution is 2.35. The lowest BCUT2D eigenvalue weighted by Gasteiger charge is -2.36. The number of aliphatic hydroxyl groups excluding tert-OH is 1. The van der Waals surface area contributed by atoms with Crippen LogP contribution in [0.25, 0.3) is 0 Å². The number of aliphatic hydroxyl groups is 1. The van der Waals surface area contributed by atoms with Gasteiger partial charge in [-0.3, -0.25) is 0 Å². The van der Waals surface area contributed by atoms with Gasteiger partial charge in [0.25, 0.3) is 0 Å². The lowest BCUT2D eigenvalue weighted by Crippen LogP contribution is -2.39. The predicted octanol–water partition coefficient (Wildman–Crippen LogP) is 2.23. The Bertz CT molecular complexity index is 402. The molecule has 104 valence electrons. The van der Waals surface area contributed by atoms with Gasteiger partial charge >= 0.3 is 0 Å². The Morgan fingerprint density at radius 1 is 1.00 bits per heavy atom. The molecule has 19 heavy (non-hydrogen) atoms. The van der Waals surface area contributed by atoms with Gasteiger partial charge < -0.3 is 14.6 Å². The highest BCUT2D eigenvalue weighted by molar-refractivity contribution is 5.28. The summed E-state index contributed by atoms with van der Waals surface area (Å²) in [5.74, 6) is 0.314. The van der Waals surface area contributed by atoms with Crippen LogP contribution < -0.4 is 0 Å². The van der Waals surface area contributed by atoms with Gasteiger partial charge in [-0.15, -0.1) is 0 Å². The van der Waals surface area contributed by atoms with E-state index in [9.17, 15) is 5.11 Å². The van der Waals surface area contributed by atoms with E-state index in [1.807, 2.05) is 18.2 Å². The molecule has 0 radical (unpaired) electrons. The summed E-state index contributed by atoms with van der Waals surface area (Å²) in [6.07, 6.45) is 3.81. The largest absolute Gasteiger partial charge is 0.392 e. The van der Waals surface area contributed by atoms with Crippen LogP contribution in [-0.4, -0.2) is 38.6 Å². The Kier molecular flexibility index (Phi) is 5.14. The number of benzene rings is 1. The van der Waals surface area contributed by atoms with Crippen molar-refractivity contribution < 1.29 is 14.6 Å². The van der Waals surface area contributed by atoms with Crippen LogP contribution in [0.2, 0.25) is 0 Å². The quantitative estimate of drug-likeness (QED) is 0.827. The fourth-order valence-electron chi connectivity index (χ4n) is 2.81. The number of ether oxygens (including phenoxy) is 2. The molecule has 3 heteroatoms. The Balaban J connectivity index is 2.21. The summed E-state index contributed by atoms with van der Waals surface area (Å²) < 4.78 is 10.5. The number of methoxy groups -OCH3 is 2. The van der Waals surface area contributed by atoms with Crippen molar-refractivity contribution in [1.82, 2.24) is 0 Å². The molecule has 0 aromatic heterocycles. The van der Waals surface area contributed by atoms with E-state index < -0.39 is 6.10 Å².